The normalized spacial score (nSPS) is 15.6. The number of amides is 2. The number of azo groups is 7. The molecule has 0 aromatic heterocycles. The summed E-state index contributed by atoms with van der Waals surface area (Å²) in [5.74, 6) is 3.73. The number of carbonyl (C=O) groups excluding carboxylic acids is 2. The first-order valence-corrected chi connectivity index (χ1v) is 46.7. The van der Waals surface area contributed by atoms with Crippen molar-refractivity contribution in [3.63, 3.8) is 0 Å². The van der Waals surface area contributed by atoms with Crippen LogP contribution in [0.3, 0.4) is 0 Å². The van der Waals surface area contributed by atoms with Crippen LogP contribution >= 0.6 is 63.0 Å². The Morgan fingerprint density at radius 3 is 0.765 bits per heavy atom. The summed E-state index contributed by atoms with van der Waals surface area (Å²) in [5.41, 5.74) is 13.7. The van der Waals surface area contributed by atoms with Crippen LogP contribution in [-0.4, -0.2) is 359 Å². The molecular formula is C86H183Cl3N40O18S2. The van der Waals surface area contributed by atoms with E-state index in [0.717, 1.165) is 165 Å². The fourth-order valence-corrected chi connectivity index (χ4v) is 11.0. The number of nitrogens with zero attached hydrogens (tertiary/aromatic N) is 23. The van der Waals surface area contributed by atoms with Gasteiger partial charge >= 0.3 is 11.9 Å². The Morgan fingerprint density at radius 2 is 0.584 bits per heavy atom. The molecule has 0 aromatic carbocycles. The fourth-order valence-electron chi connectivity index (χ4n) is 10.9. The lowest BCUT2D eigenvalue weighted by atomic mass is 10.0. The van der Waals surface area contributed by atoms with Crippen molar-refractivity contribution in [3.05, 3.63) is 13.2 Å². The van der Waals surface area contributed by atoms with Gasteiger partial charge in [-0.1, -0.05) is 6.92 Å². The van der Waals surface area contributed by atoms with Crippen molar-refractivity contribution >= 4 is 157 Å². The van der Waals surface area contributed by atoms with Crippen molar-refractivity contribution in [1.82, 2.24) is 52.5 Å². The molecule has 63 heteroatoms. The maximum absolute atomic E-state index is 11.7. The minimum atomic E-state index is -1.27. The van der Waals surface area contributed by atoms with Crippen LogP contribution in [0.1, 0.15) is 239 Å². The number of hydroxylamine groups is 1. The molecule has 0 aromatic rings. The quantitative estimate of drug-likeness (QED) is 0.00350. The molecule has 8 heterocycles. The molecule has 0 aliphatic carbocycles. The third-order valence-electron chi connectivity index (χ3n) is 20.6. The molecule has 149 heavy (non-hydrogen) atoms. The third-order valence-corrected chi connectivity index (χ3v) is 20.7. The Balaban J connectivity index is -0.000000161. The van der Waals surface area contributed by atoms with Gasteiger partial charge in [0.05, 0.1) is 58.8 Å². The van der Waals surface area contributed by atoms with Gasteiger partial charge in [-0.05, 0) is 230 Å². The number of aliphatic hydroxyl groups is 1. The number of thiol groups is 2. The standard InChI is InChI=1S/C16H30N6.3C12H22N6.C11H22N6O2.C10H20N4O4.C8H18N6.C3H6O2.C2H4.3ClH.H2O4S2.6H2O/c1-15(2,13(17)21-9-5-6-10-21)19-20-16(3,4)14(18)22-11-7-8-12-22;3*1-11(2,9-13-5-6-14-9)17-18-12(3,4)10-15-7-8-16-10;1-10(2,8(12)13)16-17-11(3,4)9(14)15-6-5-7(18)19;1-9(2,7(16)11-5-6-15)13-14-10(3,4)8(17)12-18;1-7(2,5(9)10)13-14-8(3,4)6(11)12;1-2-3(4)5;1-2;;;;5-3-1-2-4-6;;;;;;/h17-18H,5-12H2,1-4H3;3*5-8H2,1-4H3,(H,13,14)(H,15,16);5-6H2,1-4H3,(H3,12,13)(H2,14,15)(H,18,19);15,18H,5-6H2,1-4H3,(H,11,16)(H,12,17);1-4H3,(H3,9,10)(H3,11,12);2H2,1H3,(H,4,5);1-2H2;3*1H;5-6H;6*1H2. The summed E-state index contributed by atoms with van der Waals surface area (Å²) in [6.07, 6.45) is 4.75. The first-order chi connectivity index (χ1) is 64.4. The minimum absolute atomic E-state index is 0. The summed E-state index contributed by atoms with van der Waals surface area (Å²) in [6.45, 7) is 73.1. The van der Waals surface area contributed by atoms with Gasteiger partial charge in [0.25, 0.3) is 5.91 Å². The molecule has 868 valence electrons. The van der Waals surface area contributed by atoms with Gasteiger partial charge in [-0.2, -0.15) is 71.6 Å². The predicted octanol–water partition coefficient (Wildman–Crippen LogP) is 5.47. The maximum Gasteiger partial charge on any atom is 0.305 e. The first kappa shape index (κ1) is 161. The van der Waals surface area contributed by atoms with Crippen LogP contribution < -0.4 is 65.6 Å². The predicted molar refractivity (Wildman–Crippen MR) is 599 cm³/mol. The molecule has 58 nitrogen and oxygen atoms in total. The van der Waals surface area contributed by atoms with Gasteiger partial charge in [-0.15, -0.1) is 59.0 Å². The molecule has 8 rings (SSSR count). The molecule has 2 amide bonds. The van der Waals surface area contributed by atoms with Crippen LogP contribution in [0.15, 0.2) is 120 Å². The molecule has 0 radical (unpaired) electrons. The Kier molecular flexibility index (Phi) is 80.6. The highest BCUT2D eigenvalue weighted by atomic mass is 35.5. The highest BCUT2D eigenvalue weighted by Gasteiger charge is 2.39. The highest BCUT2D eigenvalue weighted by Crippen LogP contribution is 2.28. The van der Waals surface area contributed by atoms with E-state index in [2.05, 4.69) is 211 Å². The van der Waals surface area contributed by atoms with E-state index in [0.29, 0.717) is 11.7 Å². The van der Waals surface area contributed by atoms with Gasteiger partial charge in [0.1, 0.15) is 136 Å². The largest absolute Gasteiger partial charge is 0.481 e. The van der Waals surface area contributed by atoms with E-state index in [9.17, 15) is 19.2 Å². The number of amidine groups is 12. The number of carboxylic acids is 2. The van der Waals surface area contributed by atoms with E-state index < -0.39 is 101 Å². The molecule has 37 N–H and O–H groups in total. The zero-order chi connectivity index (χ0) is 108. The Labute approximate surface area is 906 Å². The smallest absolute Gasteiger partial charge is 0.305 e. The van der Waals surface area contributed by atoms with Gasteiger partial charge in [0.15, 0.2) is 11.1 Å². The van der Waals surface area contributed by atoms with Crippen molar-refractivity contribution in [1.29, 1.82) is 27.0 Å². The Bertz CT molecular complexity index is 4100. The Morgan fingerprint density at radius 1 is 0.376 bits per heavy atom. The monoisotopic (exact) mass is 2230 g/mol. The lowest BCUT2D eigenvalue weighted by Gasteiger charge is -2.31. The van der Waals surface area contributed by atoms with E-state index in [4.69, 9.17) is 70.5 Å². The zero-order valence-corrected chi connectivity index (χ0v) is 96.6. The number of aliphatic imine (C=N–C) groups is 7. The van der Waals surface area contributed by atoms with E-state index in [1.54, 1.807) is 62.3 Å². The molecule has 0 saturated carbocycles. The molecular weight excluding hydrogens is 2050 g/mol. The van der Waals surface area contributed by atoms with Crippen LogP contribution in [-0.2, 0) is 37.9 Å². The highest BCUT2D eigenvalue weighted by molar-refractivity contribution is 7.75. The van der Waals surface area contributed by atoms with Gasteiger partial charge in [0, 0.05) is 104 Å². The zero-order valence-electron chi connectivity index (χ0n) is 92.4. The summed E-state index contributed by atoms with van der Waals surface area (Å²) in [5, 5.41) is 160. The molecule has 2 fully saturated rings. The summed E-state index contributed by atoms with van der Waals surface area (Å²) >= 11 is 6.19. The lowest BCUT2D eigenvalue weighted by molar-refractivity contribution is -0.568. The van der Waals surface area contributed by atoms with Crippen LogP contribution in [0, 0.1) is 27.0 Å². The van der Waals surface area contributed by atoms with E-state index in [1.807, 2.05) is 111 Å². The van der Waals surface area contributed by atoms with Gasteiger partial charge in [0.2, 0.25) is 5.91 Å². The average molecular weight is 2240 g/mol. The number of hydrogen-bond acceptors (Lipinski definition) is 44. The molecule has 0 spiro atoms. The second kappa shape index (κ2) is 74.5. The molecule has 2 saturated heterocycles. The van der Waals surface area contributed by atoms with E-state index in [-0.39, 0.29) is 126 Å². The van der Waals surface area contributed by atoms with Crippen molar-refractivity contribution in [2.24, 2.45) is 129 Å². The second-order valence-corrected chi connectivity index (χ2v) is 39.7. The SMILES string of the molecule is C=C.CC(C)(N=NC(C)(C)C(=N)N)C(=N)N.CC(C)(N=NC(C)(C)C(=N)N1CCCC1)C(=N)N1CCCC1.CC(C)(N=NC(C)(C)C(=O)NCCO)C(=O)NO.CC(C)(N=NC(C)(C)C(N)=NCCC(=O)O)C(=N)N.CC(C)(N=NC(C)(C)C1=NCCN1)C1=NCCN1.CC(C)(N=NC(C)(C)C1=NCCN1)C1=NCCN1.CC(C)(N=NC(C)(C)C1=NCCN1)C1=NCCN1.CCC(=O)O.Cl.Cl.Cl.O.O.O.O.O.O.SOOOOS. The number of carboxylic acid groups (broad SMARTS) is 2. The van der Waals surface area contributed by atoms with E-state index >= 15 is 0 Å². The summed E-state index contributed by atoms with van der Waals surface area (Å²) in [6, 6.07) is 0. The van der Waals surface area contributed by atoms with Crippen LogP contribution in [0.5, 0.6) is 0 Å². The average Bonchev–Trinajstić information content (AvgIpc) is 1.26. The number of rotatable bonds is 37. The van der Waals surface area contributed by atoms with Gasteiger partial charge in [-0.25, -0.2) is 5.48 Å². The number of aliphatic hydroxyl groups excluding tert-OH is 1. The van der Waals surface area contributed by atoms with Gasteiger partial charge in [-0.3, -0.25) is 86.4 Å². The number of nitrogens with one attached hydrogen (secondary N) is 13. The van der Waals surface area contributed by atoms with Crippen LogP contribution in [0.4, 0.5) is 0 Å². The minimum Gasteiger partial charge on any atom is -0.481 e. The Hall–Kier alpha value is -10.4. The third kappa shape index (κ3) is 61.0. The number of halogens is 3. The van der Waals surface area contributed by atoms with Crippen molar-refractivity contribution < 1.29 is 91.3 Å². The van der Waals surface area contributed by atoms with Crippen molar-refractivity contribution in [3.8, 4) is 0 Å². The molecule has 8 aliphatic heterocycles. The first-order valence-electron chi connectivity index (χ1n) is 46.0. The van der Waals surface area contributed by atoms with Crippen molar-refractivity contribution in [2.75, 3.05) is 124 Å². The number of likely N-dealkylation sites (tertiary alicyclic amines) is 2. The van der Waals surface area contributed by atoms with Crippen molar-refractivity contribution in [2.45, 2.75) is 317 Å². The molecule has 8 aliphatic rings. The molecule has 0 bridgehead atoms. The lowest BCUT2D eigenvalue weighted by Crippen LogP contribution is -2.44. The number of aliphatic carboxylic acids is 2. The summed E-state index contributed by atoms with van der Waals surface area (Å²) < 4.78 is 7.16. The van der Waals surface area contributed by atoms with Crippen LogP contribution in [0.25, 0.3) is 0 Å². The van der Waals surface area contributed by atoms with Crippen LogP contribution in [0.2, 0.25) is 0 Å². The summed E-state index contributed by atoms with van der Waals surface area (Å²) in [7, 11) is 0. The number of hydrogen-bond donors (Lipinski definition) is 23. The molecule has 0 atom stereocenters. The van der Waals surface area contributed by atoms with Gasteiger partial charge < -0.3 is 118 Å². The maximum atomic E-state index is 11.7. The number of carbonyl (C=O) groups is 4. The van der Waals surface area contributed by atoms with E-state index in [1.165, 1.54) is 33.2 Å². The topological polar surface area (TPSA) is 961 Å². The second-order valence-electron chi connectivity index (χ2n) is 39.4. The summed E-state index contributed by atoms with van der Waals surface area (Å²) in [4.78, 5) is 77.3. The molecule has 0 unspecified atom stereocenters. The number of nitrogens with two attached hydrogens (primary N) is 4. The fraction of sp³-hybridized carbons (Fsp3) is 0.791.